The van der Waals surface area contributed by atoms with Gasteiger partial charge < -0.3 is 14.4 Å². The molecule has 2 rings (SSSR count). The zero-order valence-electron chi connectivity index (χ0n) is 13.1. The summed E-state index contributed by atoms with van der Waals surface area (Å²) in [6.07, 6.45) is 4.56. The second-order valence-electron chi connectivity index (χ2n) is 6.30. The first-order valence-corrected chi connectivity index (χ1v) is 10.8. The van der Waals surface area contributed by atoms with E-state index in [1.807, 2.05) is 16.8 Å². The topological polar surface area (TPSA) is 77.2 Å². The van der Waals surface area contributed by atoms with Crippen LogP contribution in [-0.2, 0) is 16.3 Å². The predicted molar refractivity (Wildman–Crippen MR) is 88.3 cm³/mol. The molecule has 0 amide bonds. The zero-order valence-corrected chi connectivity index (χ0v) is 14.1. The van der Waals surface area contributed by atoms with Gasteiger partial charge in [0.2, 0.25) is 0 Å². The molecular formula is C15H21N3O3Si. The fourth-order valence-electron chi connectivity index (χ4n) is 2.03. The summed E-state index contributed by atoms with van der Waals surface area (Å²) in [5, 5.41) is 9.83. The molecule has 0 aliphatic carbocycles. The maximum absolute atomic E-state index is 11.0. The number of carbonyl (C=O) groups excluding carboxylic acids is 1. The van der Waals surface area contributed by atoms with Crippen molar-refractivity contribution in [2.45, 2.75) is 32.4 Å². The number of hydrogen-bond donors (Lipinski definition) is 1. The van der Waals surface area contributed by atoms with E-state index in [1.54, 1.807) is 0 Å². The molecule has 2 aromatic rings. The number of allylic oxidation sites excluding steroid dienone is 1. The summed E-state index contributed by atoms with van der Waals surface area (Å²) < 4.78 is 7.58. The Balaban J connectivity index is 2.16. The second kappa shape index (κ2) is 6.84. The molecule has 0 saturated heterocycles. The largest absolute Gasteiger partial charge is 0.515 e. The van der Waals surface area contributed by atoms with Crippen LogP contribution in [0.2, 0.25) is 25.7 Å². The summed E-state index contributed by atoms with van der Waals surface area (Å²) in [6.45, 7) is 8.06. The second-order valence-corrected chi connectivity index (χ2v) is 11.9. The molecule has 0 atom stereocenters. The summed E-state index contributed by atoms with van der Waals surface area (Å²) in [6, 6.07) is 2.93. The van der Waals surface area contributed by atoms with Crippen LogP contribution in [0.25, 0.3) is 16.6 Å². The van der Waals surface area contributed by atoms with Crippen LogP contribution >= 0.6 is 0 Å². The fourth-order valence-corrected chi connectivity index (χ4v) is 2.78. The van der Waals surface area contributed by atoms with E-state index >= 15 is 0 Å². The summed E-state index contributed by atoms with van der Waals surface area (Å²) in [5.41, 5.74) is 1.23. The third-order valence-corrected chi connectivity index (χ3v) is 5.03. The van der Waals surface area contributed by atoms with Crippen LogP contribution in [0, 0.1) is 0 Å². The molecule has 0 aliphatic heterocycles. The highest BCUT2D eigenvalue weighted by Gasteiger charge is 2.14. The number of hydrogen-bond acceptors (Lipinski definition) is 5. The number of nitrogens with zero attached hydrogens (tertiary/aromatic N) is 3. The molecule has 0 radical (unpaired) electrons. The van der Waals surface area contributed by atoms with Crippen molar-refractivity contribution in [3.05, 3.63) is 30.5 Å². The maximum atomic E-state index is 11.0. The smallest absolute Gasteiger partial charge is 0.155 e. The van der Waals surface area contributed by atoms with Crippen molar-refractivity contribution in [1.82, 2.24) is 14.5 Å². The number of carbonyl (C=O) groups is 1. The number of aliphatic hydroxyl groups is 1. The third-order valence-electron chi connectivity index (χ3n) is 3.32. The van der Waals surface area contributed by atoms with Gasteiger partial charge in [0.25, 0.3) is 0 Å². The molecule has 2 aromatic heterocycles. The van der Waals surface area contributed by atoms with Crippen molar-refractivity contribution in [2.24, 2.45) is 0 Å². The zero-order chi connectivity index (χ0) is 16.2. The van der Waals surface area contributed by atoms with Crippen molar-refractivity contribution in [3.63, 3.8) is 0 Å². The molecule has 2 heterocycles. The summed E-state index contributed by atoms with van der Waals surface area (Å²) in [7, 11) is -1.10. The van der Waals surface area contributed by atoms with Gasteiger partial charge >= 0.3 is 0 Å². The Morgan fingerprint density at radius 3 is 2.82 bits per heavy atom. The van der Waals surface area contributed by atoms with E-state index in [0.717, 1.165) is 18.9 Å². The van der Waals surface area contributed by atoms with E-state index in [-0.39, 0.29) is 5.57 Å². The van der Waals surface area contributed by atoms with Crippen LogP contribution in [0.3, 0.4) is 0 Å². The van der Waals surface area contributed by atoms with Crippen molar-refractivity contribution in [3.8, 4) is 0 Å². The molecule has 0 fully saturated rings. The molecule has 118 valence electrons. The first-order chi connectivity index (χ1) is 10.5. The number of fused-ring (bicyclic) bond motifs is 1. The quantitative estimate of drug-likeness (QED) is 0.279. The standard InChI is InChI=1S/C15H21N3O3Si/c1-22(2,3)7-6-21-11-18-5-4-13-14(12(8-19)9-20)16-10-17-15(13)18/h4-5,8-10,19H,6-7,11H2,1-3H3/b12-8-. The SMILES string of the molecule is C[Si](C)(C)CCOCn1ccc2c(/C(C=O)=C\O)ncnc21. The van der Waals surface area contributed by atoms with Gasteiger partial charge in [0.15, 0.2) is 6.29 Å². The fraction of sp³-hybridized carbons (Fsp3) is 0.400. The van der Waals surface area contributed by atoms with E-state index in [0.29, 0.717) is 29.7 Å². The van der Waals surface area contributed by atoms with Gasteiger partial charge in [-0.1, -0.05) is 19.6 Å². The number of ether oxygens (including phenoxy) is 1. The maximum Gasteiger partial charge on any atom is 0.155 e. The monoisotopic (exact) mass is 319 g/mol. The van der Waals surface area contributed by atoms with Gasteiger partial charge in [0.05, 0.1) is 17.5 Å². The van der Waals surface area contributed by atoms with E-state index in [9.17, 15) is 4.79 Å². The van der Waals surface area contributed by atoms with Crippen molar-refractivity contribution in [1.29, 1.82) is 0 Å². The van der Waals surface area contributed by atoms with Gasteiger partial charge in [-0.2, -0.15) is 0 Å². The molecule has 22 heavy (non-hydrogen) atoms. The Bertz CT molecular complexity index is 689. The van der Waals surface area contributed by atoms with E-state index in [1.165, 1.54) is 6.33 Å². The van der Waals surface area contributed by atoms with Crippen molar-refractivity contribution >= 4 is 31.0 Å². The van der Waals surface area contributed by atoms with Crippen LogP contribution < -0.4 is 0 Å². The average molecular weight is 319 g/mol. The lowest BCUT2D eigenvalue weighted by atomic mass is 10.1. The van der Waals surface area contributed by atoms with Crippen LogP contribution in [0.4, 0.5) is 0 Å². The van der Waals surface area contributed by atoms with Gasteiger partial charge in [0, 0.05) is 26.3 Å². The van der Waals surface area contributed by atoms with Gasteiger partial charge in [0.1, 0.15) is 18.7 Å². The normalized spacial score (nSPS) is 12.8. The highest BCUT2D eigenvalue weighted by molar-refractivity contribution is 6.76. The van der Waals surface area contributed by atoms with Crippen LogP contribution in [-0.4, -0.2) is 40.6 Å². The van der Waals surface area contributed by atoms with Gasteiger partial charge in [-0.05, 0) is 12.1 Å². The van der Waals surface area contributed by atoms with Gasteiger partial charge in [-0.15, -0.1) is 0 Å². The molecule has 7 heteroatoms. The Labute approximate surface area is 130 Å². The molecule has 0 spiro atoms. The predicted octanol–water partition coefficient (Wildman–Crippen LogP) is 2.84. The summed E-state index contributed by atoms with van der Waals surface area (Å²) >= 11 is 0. The van der Waals surface area contributed by atoms with Gasteiger partial charge in [-0.3, -0.25) is 4.79 Å². The van der Waals surface area contributed by atoms with E-state index in [2.05, 4.69) is 29.6 Å². The van der Waals surface area contributed by atoms with Crippen LogP contribution in [0.5, 0.6) is 0 Å². The van der Waals surface area contributed by atoms with Crippen LogP contribution in [0.1, 0.15) is 5.69 Å². The molecule has 0 aromatic carbocycles. The minimum absolute atomic E-state index is 0.129. The lowest BCUT2D eigenvalue weighted by molar-refractivity contribution is -0.103. The Morgan fingerprint density at radius 1 is 1.41 bits per heavy atom. The molecule has 1 N–H and O–H groups in total. The van der Waals surface area contributed by atoms with Crippen molar-refractivity contribution in [2.75, 3.05) is 6.61 Å². The number of aldehydes is 1. The Morgan fingerprint density at radius 2 is 2.18 bits per heavy atom. The average Bonchev–Trinajstić information content (AvgIpc) is 2.88. The molecule has 6 nitrogen and oxygen atoms in total. The highest BCUT2D eigenvalue weighted by atomic mass is 28.3. The van der Waals surface area contributed by atoms with E-state index in [4.69, 9.17) is 9.84 Å². The minimum atomic E-state index is -1.10. The first kappa shape index (κ1) is 16.4. The molecular weight excluding hydrogens is 298 g/mol. The molecule has 0 unspecified atom stereocenters. The molecule has 0 aliphatic rings. The Hall–Kier alpha value is -1.99. The molecule has 0 saturated carbocycles. The van der Waals surface area contributed by atoms with E-state index < -0.39 is 8.07 Å². The number of rotatable bonds is 7. The van der Waals surface area contributed by atoms with Crippen LogP contribution in [0.15, 0.2) is 24.9 Å². The Kier molecular flexibility index (Phi) is 5.10. The summed E-state index contributed by atoms with van der Waals surface area (Å²) in [5.74, 6) is 0. The van der Waals surface area contributed by atoms with Crippen molar-refractivity contribution < 1.29 is 14.6 Å². The number of aliphatic hydroxyl groups excluding tert-OH is 1. The minimum Gasteiger partial charge on any atom is -0.515 e. The number of aromatic nitrogens is 3. The lowest BCUT2D eigenvalue weighted by Crippen LogP contribution is -2.22. The first-order valence-electron chi connectivity index (χ1n) is 7.14. The summed E-state index contributed by atoms with van der Waals surface area (Å²) in [4.78, 5) is 19.3. The molecule has 0 bridgehead atoms. The highest BCUT2D eigenvalue weighted by Crippen LogP contribution is 2.21. The third kappa shape index (κ3) is 3.80. The van der Waals surface area contributed by atoms with Gasteiger partial charge in [-0.25, -0.2) is 9.97 Å². The lowest BCUT2D eigenvalue weighted by Gasteiger charge is -2.15.